The summed E-state index contributed by atoms with van der Waals surface area (Å²) in [4.78, 5) is 2.53. The third-order valence-corrected chi connectivity index (χ3v) is 3.95. The van der Waals surface area contributed by atoms with Gasteiger partial charge in [-0.25, -0.2) is 0 Å². The van der Waals surface area contributed by atoms with E-state index in [1.165, 1.54) is 31.5 Å². The Morgan fingerprint density at radius 1 is 1.50 bits per heavy atom. The van der Waals surface area contributed by atoms with E-state index >= 15 is 0 Å². The van der Waals surface area contributed by atoms with Crippen LogP contribution in [0.2, 0.25) is 0 Å². The average Bonchev–Trinajstić information content (AvgIpc) is 2.22. The van der Waals surface area contributed by atoms with E-state index in [1.807, 2.05) is 12.1 Å². The summed E-state index contributed by atoms with van der Waals surface area (Å²) >= 11 is 3.58. The molecule has 1 heterocycles. The van der Waals surface area contributed by atoms with Crippen LogP contribution >= 0.6 is 15.9 Å². The van der Waals surface area contributed by atoms with Gasteiger partial charge in [-0.3, -0.25) is 4.90 Å². The molecule has 0 saturated carbocycles. The fourth-order valence-corrected chi connectivity index (χ4v) is 2.88. The number of nitrogen functional groups attached to an aromatic ring is 1. The number of nitrogens with zero attached hydrogens (tertiary/aromatic N) is 1. The number of piperidine rings is 1. The van der Waals surface area contributed by atoms with Gasteiger partial charge < -0.3 is 5.73 Å². The Morgan fingerprint density at radius 3 is 3.00 bits per heavy atom. The predicted molar refractivity (Wildman–Crippen MR) is 72.2 cm³/mol. The fourth-order valence-electron chi connectivity index (χ4n) is 2.36. The van der Waals surface area contributed by atoms with Crippen LogP contribution in [0.3, 0.4) is 0 Å². The third kappa shape index (κ3) is 2.98. The Hall–Kier alpha value is -0.540. The van der Waals surface area contributed by atoms with Crippen LogP contribution < -0.4 is 5.73 Å². The summed E-state index contributed by atoms with van der Waals surface area (Å²) < 4.78 is 1.13. The minimum absolute atomic E-state index is 0.822. The van der Waals surface area contributed by atoms with E-state index in [2.05, 4.69) is 33.8 Å². The first kappa shape index (κ1) is 11.9. The molecule has 0 aliphatic carbocycles. The first-order chi connectivity index (χ1) is 7.65. The molecule has 1 aromatic carbocycles. The van der Waals surface area contributed by atoms with E-state index in [9.17, 15) is 0 Å². The van der Waals surface area contributed by atoms with Gasteiger partial charge in [-0.15, -0.1) is 0 Å². The number of anilines is 1. The standard InChI is InChI=1S/C13H19BrN2/c1-10-3-2-6-16(8-10)9-11-4-5-12(15)7-13(11)14/h4-5,7,10H,2-3,6,8-9,15H2,1H3/t10-/m0/s1. The molecule has 1 aromatic rings. The number of halogens is 1. The molecule has 3 heteroatoms. The van der Waals surface area contributed by atoms with E-state index in [0.29, 0.717) is 0 Å². The van der Waals surface area contributed by atoms with Gasteiger partial charge in [0.15, 0.2) is 0 Å². The van der Waals surface area contributed by atoms with Gasteiger partial charge in [0, 0.05) is 23.2 Å². The number of benzene rings is 1. The van der Waals surface area contributed by atoms with Crippen molar-refractivity contribution in [2.75, 3.05) is 18.8 Å². The lowest BCUT2D eigenvalue weighted by Gasteiger charge is -2.31. The van der Waals surface area contributed by atoms with Crippen LogP contribution in [0.1, 0.15) is 25.3 Å². The minimum Gasteiger partial charge on any atom is -0.399 e. The van der Waals surface area contributed by atoms with Crippen LogP contribution in [-0.4, -0.2) is 18.0 Å². The van der Waals surface area contributed by atoms with Gasteiger partial charge in [-0.05, 0) is 43.0 Å². The van der Waals surface area contributed by atoms with Crippen LogP contribution in [-0.2, 0) is 6.54 Å². The smallest absolute Gasteiger partial charge is 0.0325 e. The van der Waals surface area contributed by atoms with E-state index in [4.69, 9.17) is 5.73 Å². The number of nitrogens with two attached hydrogens (primary N) is 1. The molecule has 0 radical (unpaired) electrons. The highest BCUT2D eigenvalue weighted by Crippen LogP contribution is 2.24. The molecule has 88 valence electrons. The van der Waals surface area contributed by atoms with E-state index in [1.54, 1.807) is 0 Å². The first-order valence-corrected chi connectivity index (χ1v) is 6.70. The first-order valence-electron chi connectivity index (χ1n) is 5.91. The van der Waals surface area contributed by atoms with Gasteiger partial charge in [0.1, 0.15) is 0 Å². The summed E-state index contributed by atoms with van der Waals surface area (Å²) in [5.41, 5.74) is 7.90. The van der Waals surface area contributed by atoms with Crippen molar-refractivity contribution in [2.45, 2.75) is 26.3 Å². The highest BCUT2D eigenvalue weighted by molar-refractivity contribution is 9.10. The average molecular weight is 283 g/mol. The molecule has 0 unspecified atom stereocenters. The monoisotopic (exact) mass is 282 g/mol. The molecule has 1 atom stereocenters. The molecule has 16 heavy (non-hydrogen) atoms. The van der Waals surface area contributed by atoms with Gasteiger partial charge in [0.25, 0.3) is 0 Å². The number of hydrogen-bond donors (Lipinski definition) is 1. The van der Waals surface area contributed by atoms with E-state index < -0.39 is 0 Å². The van der Waals surface area contributed by atoms with Gasteiger partial charge in [0.05, 0.1) is 0 Å². The summed E-state index contributed by atoms with van der Waals surface area (Å²) in [5, 5.41) is 0. The van der Waals surface area contributed by atoms with Crippen molar-refractivity contribution in [1.82, 2.24) is 4.90 Å². The number of likely N-dealkylation sites (tertiary alicyclic amines) is 1. The van der Waals surface area contributed by atoms with Crippen molar-refractivity contribution in [3.63, 3.8) is 0 Å². The quantitative estimate of drug-likeness (QED) is 0.844. The summed E-state index contributed by atoms with van der Waals surface area (Å²) in [6, 6.07) is 6.09. The lowest BCUT2D eigenvalue weighted by atomic mass is 10.00. The van der Waals surface area contributed by atoms with Crippen molar-refractivity contribution in [1.29, 1.82) is 0 Å². The van der Waals surface area contributed by atoms with Crippen LogP contribution in [0.4, 0.5) is 5.69 Å². The van der Waals surface area contributed by atoms with Crippen molar-refractivity contribution in [3.05, 3.63) is 28.2 Å². The molecule has 1 fully saturated rings. The Balaban J connectivity index is 2.02. The van der Waals surface area contributed by atoms with Gasteiger partial charge in [0.2, 0.25) is 0 Å². The van der Waals surface area contributed by atoms with E-state index in [0.717, 1.165) is 22.6 Å². The van der Waals surface area contributed by atoms with Crippen molar-refractivity contribution < 1.29 is 0 Å². The number of rotatable bonds is 2. The summed E-state index contributed by atoms with van der Waals surface area (Å²) in [6.45, 7) is 5.81. The normalized spacial score (nSPS) is 22.2. The van der Waals surface area contributed by atoms with Crippen LogP contribution in [0.15, 0.2) is 22.7 Å². The van der Waals surface area contributed by atoms with Gasteiger partial charge in [-0.2, -0.15) is 0 Å². The minimum atomic E-state index is 0.822. The molecule has 1 aliphatic heterocycles. The number of hydrogen-bond acceptors (Lipinski definition) is 2. The summed E-state index contributed by atoms with van der Waals surface area (Å²) in [5.74, 6) is 0.835. The highest BCUT2D eigenvalue weighted by atomic mass is 79.9. The molecule has 1 aliphatic rings. The van der Waals surface area contributed by atoms with Crippen LogP contribution in [0.25, 0.3) is 0 Å². The lowest BCUT2D eigenvalue weighted by molar-refractivity contribution is 0.176. The van der Waals surface area contributed by atoms with Crippen LogP contribution in [0.5, 0.6) is 0 Å². The SMILES string of the molecule is C[C@H]1CCCN(Cc2ccc(N)cc2Br)C1. The Bertz CT molecular complexity index is 365. The molecule has 2 rings (SSSR count). The Kier molecular flexibility index (Phi) is 3.87. The zero-order chi connectivity index (χ0) is 11.5. The highest BCUT2D eigenvalue weighted by Gasteiger charge is 2.16. The molecule has 0 aromatic heterocycles. The van der Waals surface area contributed by atoms with Crippen LogP contribution in [0, 0.1) is 5.92 Å². The van der Waals surface area contributed by atoms with Crippen molar-refractivity contribution >= 4 is 21.6 Å². The summed E-state index contributed by atoms with van der Waals surface area (Å²) in [7, 11) is 0. The maximum Gasteiger partial charge on any atom is 0.0325 e. The Morgan fingerprint density at radius 2 is 2.31 bits per heavy atom. The second-order valence-corrected chi connectivity index (χ2v) is 5.69. The molecule has 1 saturated heterocycles. The van der Waals surface area contributed by atoms with Crippen molar-refractivity contribution in [2.24, 2.45) is 5.92 Å². The largest absolute Gasteiger partial charge is 0.399 e. The van der Waals surface area contributed by atoms with E-state index in [-0.39, 0.29) is 0 Å². The second kappa shape index (κ2) is 5.19. The van der Waals surface area contributed by atoms with Crippen molar-refractivity contribution in [3.8, 4) is 0 Å². The maximum absolute atomic E-state index is 5.74. The molecule has 2 N–H and O–H groups in total. The molecular weight excluding hydrogens is 264 g/mol. The fraction of sp³-hybridized carbons (Fsp3) is 0.538. The Labute approximate surface area is 106 Å². The zero-order valence-electron chi connectivity index (χ0n) is 9.75. The van der Waals surface area contributed by atoms with Gasteiger partial charge >= 0.3 is 0 Å². The zero-order valence-corrected chi connectivity index (χ0v) is 11.3. The third-order valence-electron chi connectivity index (χ3n) is 3.21. The predicted octanol–water partition coefficient (Wildman–Crippen LogP) is 3.26. The topological polar surface area (TPSA) is 29.3 Å². The molecule has 0 bridgehead atoms. The lowest BCUT2D eigenvalue weighted by Crippen LogP contribution is -2.33. The summed E-state index contributed by atoms with van der Waals surface area (Å²) in [6.07, 6.45) is 2.70. The molecular formula is C13H19BrN2. The maximum atomic E-state index is 5.74. The molecule has 2 nitrogen and oxygen atoms in total. The molecule has 0 amide bonds. The van der Waals surface area contributed by atoms with Gasteiger partial charge in [-0.1, -0.05) is 28.9 Å². The second-order valence-electron chi connectivity index (χ2n) is 4.83. The molecule has 0 spiro atoms.